The van der Waals surface area contributed by atoms with Crippen molar-refractivity contribution in [3.05, 3.63) is 35.4 Å². The van der Waals surface area contributed by atoms with Gasteiger partial charge in [-0.3, -0.25) is 0 Å². The molecule has 110 valence electrons. The molecule has 2 fully saturated rings. The zero-order chi connectivity index (χ0) is 14.0. The molecular weight excluding hydrogens is 242 g/mol. The van der Waals surface area contributed by atoms with E-state index < -0.39 is 0 Å². The molecule has 3 rings (SSSR count). The smallest absolute Gasteiger partial charge is 0.00789 e. The zero-order valence-electron chi connectivity index (χ0n) is 13.1. The number of nitrogens with one attached hydrogen (secondary N) is 1. The average molecular weight is 271 g/mol. The predicted molar refractivity (Wildman–Crippen MR) is 86.1 cm³/mol. The Labute approximate surface area is 124 Å². The van der Waals surface area contributed by atoms with Gasteiger partial charge < -0.3 is 5.32 Å². The molecule has 1 aromatic carbocycles. The minimum Gasteiger partial charge on any atom is -0.313 e. The Morgan fingerprint density at radius 3 is 2.50 bits per heavy atom. The minimum absolute atomic E-state index is 0.575. The van der Waals surface area contributed by atoms with Gasteiger partial charge >= 0.3 is 0 Å². The van der Waals surface area contributed by atoms with Gasteiger partial charge in [-0.1, -0.05) is 50.5 Å². The Balaban J connectivity index is 1.46. The third-order valence-electron chi connectivity index (χ3n) is 5.64. The summed E-state index contributed by atoms with van der Waals surface area (Å²) in [6.45, 7) is 5.97. The van der Waals surface area contributed by atoms with Crippen molar-refractivity contribution in [3.8, 4) is 0 Å². The van der Waals surface area contributed by atoms with Crippen molar-refractivity contribution < 1.29 is 0 Å². The Hall–Kier alpha value is -0.820. The van der Waals surface area contributed by atoms with Crippen LogP contribution >= 0.6 is 0 Å². The van der Waals surface area contributed by atoms with Crippen LogP contribution in [0.3, 0.4) is 0 Å². The second kappa shape index (κ2) is 5.89. The molecule has 0 aliphatic heterocycles. The minimum atomic E-state index is 0.575. The van der Waals surface area contributed by atoms with Crippen LogP contribution in [-0.2, 0) is 0 Å². The van der Waals surface area contributed by atoms with E-state index in [1.165, 1.54) is 57.1 Å². The molecule has 2 aliphatic carbocycles. The molecule has 1 N–H and O–H groups in total. The second-order valence-corrected chi connectivity index (χ2v) is 7.47. The standard InChI is InChI=1S/C19H29N/c1-15-8-4-5-9-18(15)16-12-17(13-16)20-14-19(2)10-6-3-7-11-19/h4-5,8-9,16-17,20H,3,6-7,10-14H2,1-2H3. The van der Waals surface area contributed by atoms with Crippen molar-refractivity contribution in [1.29, 1.82) is 0 Å². The lowest BCUT2D eigenvalue weighted by atomic mass is 9.72. The van der Waals surface area contributed by atoms with Gasteiger partial charge in [0.2, 0.25) is 0 Å². The van der Waals surface area contributed by atoms with Gasteiger partial charge in [0.05, 0.1) is 0 Å². The Morgan fingerprint density at radius 1 is 1.10 bits per heavy atom. The number of rotatable bonds is 4. The maximum Gasteiger partial charge on any atom is 0.00789 e. The number of hydrogen-bond donors (Lipinski definition) is 1. The molecule has 0 aromatic heterocycles. The molecule has 0 saturated heterocycles. The monoisotopic (exact) mass is 271 g/mol. The van der Waals surface area contributed by atoms with Crippen LogP contribution in [0, 0.1) is 12.3 Å². The topological polar surface area (TPSA) is 12.0 Å². The Morgan fingerprint density at radius 2 is 1.80 bits per heavy atom. The fourth-order valence-electron chi connectivity index (χ4n) is 4.06. The van der Waals surface area contributed by atoms with Crippen LogP contribution in [0.25, 0.3) is 0 Å². The van der Waals surface area contributed by atoms with E-state index in [2.05, 4.69) is 43.4 Å². The quantitative estimate of drug-likeness (QED) is 0.829. The summed E-state index contributed by atoms with van der Waals surface area (Å²) >= 11 is 0. The Bertz CT molecular complexity index is 439. The van der Waals surface area contributed by atoms with Crippen LogP contribution in [0.5, 0.6) is 0 Å². The number of aryl methyl sites for hydroxylation is 1. The molecular formula is C19H29N. The average Bonchev–Trinajstić information content (AvgIpc) is 2.39. The third kappa shape index (κ3) is 3.09. The van der Waals surface area contributed by atoms with Crippen molar-refractivity contribution >= 4 is 0 Å². The summed E-state index contributed by atoms with van der Waals surface area (Å²) in [6, 6.07) is 9.67. The number of hydrogen-bond acceptors (Lipinski definition) is 1. The molecule has 0 unspecified atom stereocenters. The van der Waals surface area contributed by atoms with Crippen LogP contribution in [-0.4, -0.2) is 12.6 Å². The highest BCUT2D eigenvalue weighted by molar-refractivity contribution is 5.31. The highest BCUT2D eigenvalue weighted by atomic mass is 14.9. The fourth-order valence-corrected chi connectivity index (χ4v) is 4.06. The van der Waals surface area contributed by atoms with Crippen molar-refractivity contribution in [3.63, 3.8) is 0 Å². The Kier molecular flexibility index (Phi) is 4.16. The summed E-state index contributed by atoms with van der Waals surface area (Å²) in [5, 5.41) is 3.85. The molecule has 1 nitrogen and oxygen atoms in total. The molecule has 1 aromatic rings. The lowest BCUT2D eigenvalue weighted by Gasteiger charge is -2.41. The molecule has 2 saturated carbocycles. The SMILES string of the molecule is Cc1ccccc1C1CC(NCC2(C)CCCCC2)C1. The second-order valence-electron chi connectivity index (χ2n) is 7.47. The fraction of sp³-hybridized carbons (Fsp3) is 0.684. The molecule has 2 aliphatic rings. The summed E-state index contributed by atoms with van der Waals surface area (Å²) in [6.07, 6.45) is 9.85. The summed E-state index contributed by atoms with van der Waals surface area (Å²) < 4.78 is 0. The highest BCUT2D eigenvalue weighted by Gasteiger charge is 2.33. The maximum absolute atomic E-state index is 3.85. The normalized spacial score (nSPS) is 28.9. The zero-order valence-corrected chi connectivity index (χ0v) is 13.1. The number of benzene rings is 1. The van der Waals surface area contributed by atoms with E-state index in [0.29, 0.717) is 5.41 Å². The first kappa shape index (κ1) is 14.1. The summed E-state index contributed by atoms with van der Waals surface area (Å²) in [7, 11) is 0. The summed E-state index contributed by atoms with van der Waals surface area (Å²) in [5.41, 5.74) is 3.62. The van der Waals surface area contributed by atoms with Crippen LogP contribution in [0.4, 0.5) is 0 Å². The van der Waals surface area contributed by atoms with Crippen molar-refractivity contribution in [2.24, 2.45) is 5.41 Å². The predicted octanol–water partition coefficient (Wildman–Crippen LogP) is 4.80. The lowest BCUT2D eigenvalue weighted by Crippen LogP contribution is -2.45. The van der Waals surface area contributed by atoms with Gasteiger partial charge in [0.25, 0.3) is 0 Å². The van der Waals surface area contributed by atoms with E-state index in [0.717, 1.165) is 12.0 Å². The first-order valence-electron chi connectivity index (χ1n) is 8.45. The molecule has 0 heterocycles. The maximum atomic E-state index is 3.85. The van der Waals surface area contributed by atoms with Gasteiger partial charge in [-0.05, 0) is 55.1 Å². The van der Waals surface area contributed by atoms with Crippen molar-refractivity contribution in [2.45, 2.75) is 70.8 Å². The first-order chi connectivity index (χ1) is 9.66. The van der Waals surface area contributed by atoms with Gasteiger partial charge in [0.1, 0.15) is 0 Å². The molecule has 0 spiro atoms. The van der Waals surface area contributed by atoms with Gasteiger partial charge in [0, 0.05) is 12.6 Å². The first-order valence-corrected chi connectivity index (χ1v) is 8.45. The highest BCUT2D eigenvalue weighted by Crippen LogP contribution is 2.40. The molecule has 0 atom stereocenters. The molecule has 0 bridgehead atoms. The van der Waals surface area contributed by atoms with Crippen molar-refractivity contribution in [1.82, 2.24) is 5.32 Å². The van der Waals surface area contributed by atoms with Crippen LogP contribution in [0.2, 0.25) is 0 Å². The van der Waals surface area contributed by atoms with Gasteiger partial charge in [-0.25, -0.2) is 0 Å². The molecule has 0 amide bonds. The van der Waals surface area contributed by atoms with Crippen LogP contribution in [0.15, 0.2) is 24.3 Å². The molecule has 0 radical (unpaired) electrons. The van der Waals surface area contributed by atoms with Crippen LogP contribution in [0.1, 0.15) is 68.9 Å². The third-order valence-corrected chi connectivity index (χ3v) is 5.64. The largest absolute Gasteiger partial charge is 0.313 e. The molecule has 20 heavy (non-hydrogen) atoms. The van der Waals surface area contributed by atoms with Crippen LogP contribution < -0.4 is 5.32 Å². The van der Waals surface area contributed by atoms with E-state index in [1.54, 1.807) is 5.56 Å². The van der Waals surface area contributed by atoms with E-state index in [1.807, 2.05) is 0 Å². The lowest BCUT2D eigenvalue weighted by molar-refractivity contribution is 0.178. The van der Waals surface area contributed by atoms with E-state index in [-0.39, 0.29) is 0 Å². The molecule has 1 heteroatoms. The summed E-state index contributed by atoms with van der Waals surface area (Å²) in [5.74, 6) is 0.799. The van der Waals surface area contributed by atoms with Gasteiger partial charge in [0.15, 0.2) is 0 Å². The van der Waals surface area contributed by atoms with Crippen molar-refractivity contribution in [2.75, 3.05) is 6.54 Å². The van der Waals surface area contributed by atoms with E-state index in [9.17, 15) is 0 Å². The van der Waals surface area contributed by atoms with Gasteiger partial charge in [-0.15, -0.1) is 0 Å². The van der Waals surface area contributed by atoms with E-state index in [4.69, 9.17) is 0 Å². The summed E-state index contributed by atoms with van der Waals surface area (Å²) in [4.78, 5) is 0. The van der Waals surface area contributed by atoms with E-state index >= 15 is 0 Å². The van der Waals surface area contributed by atoms with Gasteiger partial charge in [-0.2, -0.15) is 0 Å².